The molecule has 0 bridgehead atoms. The lowest BCUT2D eigenvalue weighted by atomic mass is 9.96. The Balaban J connectivity index is 2.63. The fourth-order valence-electron chi connectivity index (χ4n) is 1.97. The van der Waals surface area contributed by atoms with E-state index in [2.05, 4.69) is 32.9 Å². The van der Waals surface area contributed by atoms with E-state index in [-0.39, 0.29) is 0 Å². The van der Waals surface area contributed by atoms with Crippen molar-refractivity contribution in [3.05, 3.63) is 47.0 Å². The lowest BCUT2D eigenvalue weighted by molar-refractivity contribution is 0.744. The van der Waals surface area contributed by atoms with Crippen LogP contribution in [0.2, 0.25) is 0 Å². The molecule has 15 heavy (non-hydrogen) atoms. The lowest BCUT2D eigenvalue weighted by Crippen LogP contribution is -1.94. The van der Waals surface area contributed by atoms with Gasteiger partial charge in [0.2, 0.25) is 0 Å². The molecule has 0 fully saturated rings. The topological polar surface area (TPSA) is 0 Å². The zero-order valence-electron chi connectivity index (χ0n) is 10.1. The summed E-state index contributed by atoms with van der Waals surface area (Å²) in [5, 5.41) is 0. The minimum Gasteiger partial charge on any atom is -0.0845 e. The number of aryl methyl sites for hydroxylation is 3. The number of hydrogen-bond acceptors (Lipinski definition) is 0. The van der Waals surface area contributed by atoms with Crippen molar-refractivity contribution in [2.24, 2.45) is 0 Å². The molecule has 1 radical (unpaired) electrons. The van der Waals surface area contributed by atoms with Crippen molar-refractivity contribution >= 4 is 0 Å². The van der Waals surface area contributed by atoms with Crippen LogP contribution in [0.15, 0.2) is 18.2 Å². The molecule has 1 aromatic rings. The third-order valence-electron chi connectivity index (χ3n) is 2.99. The standard InChI is InChI=1S/C15H21/c1-5-6-7-8-9-15-11-12(2)10-13(3)14(15)4/h1,5,10-11H,6-9H2,2-4H3. The minimum atomic E-state index is 1.03. The SMILES string of the molecule is [CH]=CCCCCc1cc(C)cc(C)c1C. The molecule has 0 heterocycles. The Bertz CT molecular complexity index is 334. The molecule has 0 nitrogen and oxygen atoms in total. The molecule has 0 unspecified atom stereocenters. The zero-order valence-corrected chi connectivity index (χ0v) is 10.1. The molecule has 0 saturated heterocycles. The molecular weight excluding hydrogens is 180 g/mol. The number of benzene rings is 1. The van der Waals surface area contributed by atoms with Crippen molar-refractivity contribution in [1.29, 1.82) is 0 Å². The van der Waals surface area contributed by atoms with Crippen molar-refractivity contribution < 1.29 is 0 Å². The fourth-order valence-corrected chi connectivity index (χ4v) is 1.97. The highest BCUT2D eigenvalue weighted by Gasteiger charge is 2.02. The highest BCUT2D eigenvalue weighted by Crippen LogP contribution is 2.18. The van der Waals surface area contributed by atoms with E-state index in [9.17, 15) is 0 Å². The van der Waals surface area contributed by atoms with Gasteiger partial charge in [-0.15, -0.1) is 0 Å². The van der Waals surface area contributed by atoms with Gasteiger partial charge < -0.3 is 0 Å². The van der Waals surface area contributed by atoms with Gasteiger partial charge in [0.05, 0.1) is 0 Å². The van der Waals surface area contributed by atoms with Crippen LogP contribution in [0.4, 0.5) is 0 Å². The molecule has 1 rings (SSSR count). The van der Waals surface area contributed by atoms with Crippen molar-refractivity contribution in [3.8, 4) is 0 Å². The van der Waals surface area contributed by atoms with E-state index in [0.717, 1.165) is 6.42 Å². The third kappa shape index (κ3) is 3.54. The van der Waals surface area contributed by atoms with E-state index >= 15 is 0 Å². The largest absolute Gasteiger partial charge is 0.0845 e. The molecule has 0 aliphatic rings. The normalized spacial score (nSPS) is 10.3. The maximum absolute atomic E-state index is 5.36. The quantitative estimate of drug-likeness (QED) is 0.623. The Morgan fingerprint density at radius 1 is 1.13 bits per heavy atom. The van der Waals surface area contributed by atoms with Crippen LogP contribution in [0.5, 0.6) is 0 Å². The van der Waals surface area contributed by atoms with Crippen molar-refractivity contribution in [2.45, 2.75) is 46.5 Å². The van der Waals surface area contributed by atoms with Crippen LogP contribution in [0.1, 0.15) is 41.5 Å². The summed E-state index contributed by atoms with van der Waals surface area (Å²) in [5.41, 5.74) is 5.75. The second-order valence-corrected chi connectivity index (χ2v) is 4.35. The van der Waals surface area contributed by atoms with Gasteiger partial charge in [-0.3, -0.25) is 0 Å². The molecule has 0 N–H and O–H groups in total. The van der Waals surface area contributed by atoms with Crippen LogP contribution in [-0.4, -0.2) is 0 Å². The predicted octanol–water partition coefficient (Wildman–Crippen LogP) is 4.31. The van der Waals surface area contributed by atoms with Crippen molar-refractivity contribution in [1.82, 2.24) is 0 Å². The molecule has 81 valence electrons. The first-order valence-electron chi connectivity index (χ1n) is 5.75. The summed E-state index contributed by atoms with van der Waals surface area (Å²) in [6.07, 6.45) is 6.40. The highest BCUT2D eigenvalue weighted by atomic mass is 14.1. The summed E-state index contributed by atoms with van der Waals surface area (Å²) in [5.74, 6) is 0. The van der Waals surface area contributed by atoms with Gasteiger partial charge in [-0.05, 0) is 63.1 Å². The van der Waals surface area contributed by atoms with Gasteiger partial charge >= 0.3 is 0 Å². The highest BCUT2D eigenvalue weighted by molar-refractivity contribution is 5.37. The zero-order chi connectivity index (χ0) is 11.3. The maximum Gasteiger partial charge on any atom is -0.0276 e. The van der Waals surface area contributed by atoms with Gasteiger partial charge in [-0.25, -0.2) is 0 Å². The molecule has 0 aromatic heterocycles. The van der Waals surface area contributed by atoms with E-state index in [0.29, 0.717) is 0 Å². The van der Waals surface area contributed by atoms with Crippen LogP contribution in [-0.2, 0) is 6.42 Å². The van der Waals surface area contributed by atoms with Gasteiger partial charge in [-0.1, -0.05) is 30.4 Å². The summed E-state index contributed by atoms with van der Waals surface area (Å²) in [4.78, 5) is 0. The van der Waals surface area contributed by atoms with E-state index in [4.69, 9.17) is 6.58 Å². The van der Waals surface area contributed by atoms with Gasteiger partial charge in [-0.2, -0.15) is 0 Å². The third-order valence-corrected chi connectivity index (χ3v) is 2.99. The second-order valence-electron chi connectivity index (χ2n) is 4.35. The summed E-state index contributed by atoms with van der Waals surface area (Å²) >= 11 is 0. The summed E-state index contributed by atoms with van der Waals surface area (Å²) in [7, 11) is 0. The predicted molar refractivity (Wildman–Crippen MR) is 67.1 cm³/mol. The molecule has 0 amide bonds. The first kappa shape index (κ1) is 12.0. The average Bonchev–Trinajstić information content (AvgIpc) is 2.19. The molecule has 0 heteroatoms. The van der Waals surface area contributed by atoms with E-state index < -0.39 is 0 Å². The Hall–Kier alpha value is -1.04. The van der Waals surface area contributed by atoms with E-state index in [1.165, 1.54) is 41.5 Å². The van der Waals surface area contributed by atoms with Gasteiger partial charge in [0, 0.05) is 0 Å². The Kier molecular flexibility index (Phi) is 4.61. The number of rotatable bonds is 5. The summed E-state index contributed by atoms with van der Waals surface area (Å²) in [6, 6.07) is 4.57. The molecule has 0 aliphatic heterocycles. The molecular formula is C15H21. The van der Waals surface area contributed by atoms with E-state index in [1.54, 1.807) is 6.08 Å². The summed E-state index contributed by atoms with van der Waals surface area (Å²) in [6.45, 7) is 11.9. The molecule has 1 aromatic carbocycles. The van der Waals surface area contributed by atoms with Crippen molar-refractivity contribution in [2.75, 3.05) is 0 Å². The van der Waals surface area contributed by atoms with Crippen LogP contribution < -0.4 is 0 Å². The number of hydrogen-bond donors (Lipinski definition) is 0. The molecule has 0 spiro atoms. The lowest BCUT2D eigenvalue weighted by Gasteiger charge is -2.10. The van der Waals surface area contributed by atoms with Crippen molar-refractivity contribution in [3.63, 3.8) is 0 Å². The monoisotopic (exact) mass is 201 g/mol. The van der Waals surface area contributed by atoms with Crippen LogP contribution >= 0.6 is 0 Å². The van der Waals surface area contributed by atoms with Gasteiger partial charge in [0.25, 0.3) is 0 Å². The first-order valence-corrected chi connectivity index (χ1v) is 5.75. The van der Waals surface area contributed by atoms with Crippen LogP contribution in [0, 0.1) is 27.4 Å². The van der Waals surface area contributed by atoms with Crippen LogP contribution in [0.3, 0.4) is 0 Å². The van der Waals surface area contributed by atoms with E-state index in [1.807, 2.05) is 0 Å². The maximum atomic E-state index is 5.36. The molecule has 0 aliphatic carbocycles. The second kappa shape index (κ2) is 5.75. The van der Waals surface area contributed by atoms with Gasteiger partial charge in [0.1, 0.15) is 0 Å². The minimum absolute atomic E-state index is 1.03. The van der Waals surface area contributed by atoms with Crippen LogP contribution in [0.25, 0.3) is 0 Å². The smallest absolute Gasteiger partial charge is 0.0276 e. The first-order chi connectivity index (χ1) is 7.15. The number of allylic oxidation sites excluding steroid dienone is 1. The Labute approximate surface area is 94.0 Å². The average molecular weight is 201 g/mol. The Morgan fingerprint density at radius 3 is 2.53 bits per heavy atom. The van der Waals surface area contributed by atoms with Gasteiger partial charge in [0.15, 0.2) is 0 Å². The number of unbranched alkanes of at least 4 members (excludes halogenated alkanes) is 2. The summed E-state index contributed by atoms with van der Waals surface area (Å²) < 4.78 is 0. The Morgan fingerprint density at radius 2 is 1.87 bits per heavy atom. The molecule has 0 saturated carbocycles. The fraction of sp³-hybridized carbons (Fsp3) is 0.467. The molecule has 0 atom stereocenters.